The summed E-state index contributed by atoms with van der Waals surface area (Å²) in [6.45, 7) is 9.20. The quantitative estimate of drug-likeness (QED) is 0.806. The van der Waals surface area contributed by atoms with Crippen molar-refractivity contribution >= 4 is 29.3 Å². The lowest BCUT2D eigenvalue weighted by Gasteiger charge is -2.58. The van der Waals surface area contributed by atoms with Crippen molar-refractivity contribution in [3.8, 4) is 0 Å². The summed E-state index contributed by atoms with van der Waals surface area (Å²) >= 11 is 0. The molecule has 1 amide bonds. The molecule has 1 aromatic carbocycles. The minimum atomic E-state index is -0.895. The fourth-order valence-corrected chi connectivity index (χ4v) is 4.06. The summed E-state index contributed by atoms with van der Waals surface area (Å²) in [7, 11) is 1.82. The molecule has 2 N–H and O–H groups in total. The second-order valence-corrected chi connectivity index (χ2v) is 7.86. The van der Waals surface area contributed by atoms with E-state index in [2.05, 4.69) is 6.92 Å². The predicted octanol–water partition coefficient (Wildman–Crippen LogP) is 3.91. The minimum Gasteiger partial charge on any atom is -0.461 e. The van der Waals surface area contributed by atoms with Gasteiger partial charge in [-0.05, 0) is 13.0 Å². The molecule has 1 fully saturated rings. The Hall–Kier alpha value is -1.56. The summed E-state index contributed by atoms with van der Waals surface area (Å²) in [6.07, 6.45) is 1.37. The largest absolute Gasteiger partial charge is 0.461 e. The van der Waals surface area contributed by atoms with Gasteiger partial charge in [-0.3, -0.25) is 4.79 Å². The molecule has 5 nitrogen and oxygen atoms in total. The number of fused-ring (bicyclic) bond motifs is 1. The standard InChI is InChI=1S/C21H30N2O3.ClH/c1-6-16-15(14-10-8-9-11-17(14)26-16)13-23(5)19(24)21(22)12-18(25-7-2)20(21,3)4;/h8-11,18H,6-7,12-13,22H2,1-5H3;1H. The minimum absolute atomic E-state index is 0. The van der Waals surface area contributed by atoms with Crippen LogP contribution < -0.4 is 5.73 Å². The maximum Gasteiger partial charge on any atom is 0.243 e. The van der Waals surface area contributed by atoms with Gasteiger partial charge in [-0.2, -0.15) is 0 Å². The van der Waals surface area contributed by atoms with Crippen LogP contribution in [0.3, 0.4) is 0 Å². The van der Waals surface area contributed by atoms with E-state index in [9.17, 15) is 4.79 Å². The van der Waals surface area contributed by atoms with Crippen molar-refractivity contribution in [1.29, 1.82) is 0 Å². The fraction of sp³-hybridized carbons (Fsp3) is 0.571. The maximum absolute atomic E-state index is 13.2. The van der Waals surface area contributed by atoms with Crippen LogP contribution in [-0.4, -0.2) is 36.1 Å². The van der Waals surface area contributed by atoms with Crippen molar-refractivity contribution in [2.24, 2.45) is 11.1 Å². The first kappa shape index (κ1) is 21.7. The monoisotopic (exact) mass is 394 g/mol. The number of amides is 1. The van der Waals surface area contributed by atoms with Crippen LogP contribution in [0.25, 0.3) is 11.0 Å². The Kier molecular flexibility index (Phi) is 6.30. The summed E-state index contributed by atoms with van der Waals surface area (Å²) < 4.78 is 11.7. The van der Waals surface area contributed by atoms with Crippen LogP contribution in [0.5, 0.6) is 0 Å². The van der Waals surface area contributed by atoms with E-state index < -0.39 is 5.54 Å². The lowest BCUT2D eigenvalue weighted by molar-refractivity contribution is -0.178. The molecule has 150 valence electrons. The number of para-hydroxylation sites is 1. The highest BCUT2D eigenvalue weighted by molar-refractivity contribution is 5.89. The zero-order valence-electron chi connectivity index (χ0n) is 16.9. The molecule has 0 aliphatic heterocycles. The summed E-state index contributed by atoms with van der Waals surface area (Å²) in [6, 6.07) is 7.96. The predicted molar refractivity (Wildman–Crippen MR) is 110 cm³/mol. The topological polar surface area (TPSA) is 68.7 Å². The number of benzene rings is 1. The number of nitrogens with zero attached hydrogens (tertiary/aromatic N) is 1. The van der Waals surface area contributed by atoms with E-state index in [1.54, 1.807) is 4.90 Å². The molecule has 1 aromatic heterocycles. The Bertz CT molecular complexity index is 817. The smallest absolute Gasteiger partial charge is 0.243 e. The van der Waals surface area contributed by atoms with E-state index in [-0.39, 0.29) is 29.8 Å². The number of hydrogen-bond acceptors (Lipinski definition) is 4. The third-order valence-electron chi connectivity index (χ3n) is 6.06. The van der Waals surface area contributed by atoms with Crippen molar-refractivity contribution in [3.63, 3.8) is 0 Å². The lowest BCUT2D eigenvalue weighted by atomic mass is 9.54. The highest BCUT2D eigenvalue weighted by atomic mass is 35.5. The average molecular weight is 395 g/mol. The number of carbonyl (C=O) groups is 1. The van der Waals surface area contributed by atoms with E-state index in [1.807, 2.05) is 52.1 Å². The number of halogens is 1. The second-order valence-electron chi connectivity index (χ2n) is 7.86. The normalized spacial score (nSPS) is 23.6. The van der Waals surface area contributed by atoms with Gasteiger partial charge in [-0.1, -0.05) is 39.0 Å². The van der Waals surface area contributed by atoms with Crippen LogP contribution in [0.4, 0.5) is 0 Å². The van der Waals surface area contributed by atoms with Gasteiger partial charge >= 0.3 is 0 Å². The number of likely N-dealkylation sites (N-methyl/N-ethyl adjacent to an activating group) is 1. The molecule has 1 aliphatic carbocycles. The molecule has 27 heavy (non-hydrogen) atoms. The van der Waals surface area contributed by atoms with Crippen LogP contribution in [0.1, 0.15) is 45.4 Å². The average Bonchev–Trinajstić information content (AvgIpc) is 2.98. The van der Waals surface area contributed by atoms with E-state index >= 15 is 0 Å². The molecular formula is C21H31ClN2O3. The molecule has 3 rings (SSSR count). The summed E-state index contributed by atoms with van der Waals surface area (Å²) in [4.78, 5) is 14.9. The first-order valence-electron chi connectivity index (χ1n) is 9.41. The Balaban J connectivity index is 0.00000261. The van der Waals surface area contributed by atoms with Crippen LogP contribution >= 0.6 is 12.4 Å². The number of furan rings is 1. The lowest BCUT2D eigenvalue weighted by Crippen LogP contribution is -2.75. The van der Waals surface area contributed by atoms with Gasteiger partial charge in [-0.15, -0.1) is 12.4 Å². The number of rotatable bonds is 6. The summed E-state index contributed by atoms with van der Waals surface area (Å²) in [5, 5.41) is 1.06. The zero-order valence-corrected chi connectivity index (χ0v) is 17.7. The van der Waals surface area contributed by atoms with Gasteiger partial charge in [0.05, 0.1) is 6.10 Å². The molecule has 6 heteroatoms. The second kappa shape index (κ2) is 7.82. The van der Waals surface area contributed by atoms with Crippen molar-refractivity contribution in [1.82, 2.24) is 4.90 Å². The Labute approximate surface area is 167 Å². The SMILES string of the molecule is CCOC1CC(N)(C(=O)N(C)Cc2c(CC)oc3ccccc23)C1(C)C.Cl. The van der Waals surface area contributed by atoms with E-state index in [0.717, 1.165) is 28.7 Å². The van der Waals surface area contributed by atoms with Gasteiger partial charge in [0.1, 0.15) is 16.9 Å². The highest BCUT2D eigenvalue weighted by Crippen LogP contribution is 2.50. The Morgan fingerprint density at radius 1 is 1.33 bits per heavy atom. The number of aryl methyl sites for hydroxylation is 1. The summed E-state index contributed by atoms with van der Waals surface area (Å²) in [5.74, 6) is 0.891. The Morgan fingerprint density at radius 3 is 2.59 bits per heavy atom. The highest BCUT2D eigenvalue weighted by Gasteiger charge is 2.63. The van der Waals surface area contributed by atoms with Crippen LogP contribution in [0, 0.1) is 5.41 Å². The van der Waals surface area contributed by atoms with Gasteiger partial charge in [0, 0.05) is 49.4 Å². The van der Waals surface area contributed by atoms with Gasteiger partial charge in [0.25, 0.3) is 0 Å². The molecule has 1 aliphatic rings. The third-order valence-corrected chi connectivity index (χ3v) is 6.06. The molecule has 1 heterocycles. The van der Waals surface area contributed by atoms with Crippen LogP contribution in [0.15, 0.2) is 28.7 Å². The molecule has 0 saturated heterocycles. The van der Waals surface area contributed by atoms with Crippen molar-refractivity contribution in [2.75, 3.05) is 13.7 Å². The van der Waals surface area contributed by atoms with Crippen LogP contribution in [-0.2, 0) is 22.5 Å². The first-order valence-corrected chi connectivity index (χ1v) is 9.41. The van der Waals surface area contributed by atoms with Gasteiger partial charge in [-0.25, -0.2) is 0 Å². The number of hydrogen-bond donors (Lipinski definition) is 1. The molecule has 2 aromatic rings. The van der Waals surface area contributed by atoms with Crippen molar-refractivity contribution < 1.29 is 13.9 Å². The zero-order chi connectivity index (χ0) is 19.1. The number of ether oxygens (including phenoxy) is 1. The van der Waals surface area contributed by atoms with Crippen LogP contribution in [0.2, 0.25) is 0 Å². The van der Waals surface area contributed by atoms with Gasteiger partial charge in [0.2, 0.25) is 5.91 Å². The molecule has 0 spiro atoms. The van der Waals surface area contributed by atoms with Crippen molar-refractivity contribution in [2.45, 2.75) is 58.7 Å². The molecule has 2 atom stereocenters. The molecule has 0 radical (unpaired) electrons. The molecule has 2 unspecified atom stereocenters. The summed E-state index contributed by atoms with van der Waals surface area (Å²) in [5.41, 5.74) is 7.21. The van der Waals surface area contributed by atoms with E-state index in [1.165, 1.54) is 0 Å². The Morgan fingerprint density at radius 2 is 2.00 bits per heavy atom. The molecule has 1 saturated carbocycles. The maximum atomic E-state index is 13.2. The fourth-order valence-electron chi connectivity index (χ4n) is 4.06. The van der Waals surface area contributed by atoms with Gasteiger partial charge < -0.3 is 19.8 Å². The third kappa shape index (κ3) is 3.37. The van der Waals surface area contributed by atoms with Crippen molar-refractivity contribution in [3.05, 3.63) is 35.6 Å². The van der Waals surface area contributed by atoms with E-state index in [0.29, 0.717) is 19.6 Å². The van der Waals surface area contributed by atoms with E-state index in [4.69, 9.17) is 14.9 Å². The molecular weight excluding hydrogens is 364 g/mol. The first-order chi connectivity index (χ1) is 12.3. The number of nitrogens with two attached hydrogens (primary N) is 1. The number of carbonyl (C=O) groups excluding carboxylic acids is 1. The van der Waals surface area contributed by atoms with Gasteiger partial charge in [0.15, 0.2) is 0 Å². The molecule has 0 bridgehead atoms.